The number of likely N-dealkylation sites (tertiary alicyclic amines) is 1. The van der Waals surface area contributed by atoms with Crippen molar-refractivity contribution < 1.29 is 18.3 Å². The third kappa shape index (κ3) is 4.27. The zero-order valence-corrected chi connectivity index (χ0v) is 15.2. The maximum Gasteiger partial charge on any atom is 0.416 e. The summed E-state index contributed by atoms with van der Waals surface area (Å²) in [4.78, 5) is 6.68. The summed E-state index contributed by atoms with van der Waals surface area (Å²) in [5.74, 6) is -0.492. The first-order valence-electron chi connectivity index (χ1n) is 8.21. The van der Waals surface area contributed by atoms with E-state index in [1.807, 2.05) is 0 Å². The molecule has 0 bridgehead atoms. The molecule has 0 unspecified atom stereocenters. The van der Waals surface area contributed by atoms with Crippen LogP contribution in [0, 0.1) is 6.92 Å². The van der Waals surface area contributed by atoms with E-state index in [0.717, 1.165) is 32.0 Å². The number of benzene rings is 1. The molecule has 0 amide bonds. The van der Waals surface area contributed by atoms with Crippen LogP contribution in [0.5, 0.6) is 5.75 Å². The summed E-state index contributed by atoms with van der Waals surface area (Å²) in [6, 6.07) is 2.80. The van der Waals surface area contributed by atoms with Crippen molar-refractivity contribution in [1.82, 2.24) is 20.1 Å². The Morgan fingerprint density at radius 1 is 1.27 bits per heavy atom. The van der Waals surface area contributed by atoms with E-state index >= 15 is 0 Å². The minimum Gasteiger partial charge on any atom is -0.507 e. The fourth-order valence-electron chi connectivity index (χ4n) is 2.96. The average molecular weight is 384 g/mol. The zero-order chi connectivity index (χ0) is 18.9. The summed E-state index contributed by atoms with van der Waals surface area (Å²) in [6.07, 6.45) is -2.31. The van der Waals surface area contributed by atoms with Crippen molar-refractivity contribution in [2.24, 2.45) is 0 Å². The molecule has 0 spiro atoms. The van der Waals surface area contributed by atoms with Crippen molar-refractivity contribution in [2.45, 2.75) is 36.3 Å². The van der Waals surface area contributed by atoms with Crippen LogP contribution in [-0.2, 0) is 6.18 Å². The average Bonchev–Trinajstić information content (AvgIpc) is 2.55. The highest BCUT2D eigenvalue weighted by Crippen LogP contribution is 2.36. The van der Waals surface area contributed by atoms with E-state index in [1.165, 1.54) is 6.07 Å². The smallest absolute Gasteiger partial charge is 0.416 e. The van der Waals surface area contributed by atoms with Crippen LogP contribution in [0.1, 0.15) is 24.1 Å². The monoisotopic (exact) mass is 384 g/mol. The molecule has 5 nitrogen and oxygen atoms in total. The van der Waals surface area contributed by atoms with Gasteiger partial charge < -0.3 is 10.0 Å². The Kier molecular flexibility index (Phi) is 5.38. The number of phenols is 1. The molecule has 140 valence electrons. The Balaban J connectivity index is 1.81. The quantitative estimate of drug-likeness (QED) is 0.870. The number of hydrogen-bond acceptors (Lipinski definition) is 6. The number of aromatic hydroxyl groups is 1. The molecule has 1 fully saturated rings. The minimum absolute atomic E-state index is 0.185. The lowest BCUT2D eigenvalue weighted by atomic mass is 10.1. The molecule has 1 aromatic heterocycles. The molecule has 1 atom stereocenters. The Labute approximate surface area is 153 Å². The van der Waals surface area contributed by atoms with Crippen LogP contribution < -0.4 is 0 Å². The summed E-state index contributed by atoms with van der Waals surface area (Å²) in [6.45, 7) is 3.74. The lowest BCUT2D eigenvalue weighted by Crippen LogP contribution is -2.33. The van der Waals surface area contributed by atoms with Crippen molar-refractivity contribution in [3.05, 3.63) is 29.5 Å². The van der Waals surface area contributed by atoms with E-state index in [9.17, 15) is 18.3 Å². The predicted molar refractivity (Wildman–Crippen MR) is 93.0 cm³/mol. The van der Waals surface area contributed by atoms with E-state index in [2.05, 4.69) is 27.1 Å². The van der Waals surface area contributed by atoms with Crippen LogP contribution in [-0.4, -0.2) is 50.6 Å². The van der Waals surface area contributed by atoms with Crippen LogP contribution in [0.4, 0.5) is 13.2 Å². The molecule has 1 N–H and O–H groups in total. The number of thioether (sulfide) groups is 1. The van der Waals surface area contributed by atoms with Gasteiger partial charge in [-0.2, -0.15) is 13.2 Å². The lowest BCUT2D eigenvalue weighted by Gasteiger charge is -2.28. The standard InChI is InChI=1S/C17H19F3N4OS/c1-10-15(13-6-5-11(8-14(13)25)17(18,19)20)22-23-16(21-10)26-12-4-3-7-24(2)9-12/h5-6,8,12,25H,3-4,7,9H2,1-2H3/t12-/m1/s1. The molecular weight excluding hydrogens is 365 g/mol. The molecule has 1 aliphatic rings. The second kappa shape index (κ2) is 7.40. The molecule has 9 heteroatoms. The molecular formula is C17H19F3N4OS. The van der Waals surface area contributed by atoms with E-state index in [4.69, 9.17) is 0 Å². The largest absolute Gasteiger partial charge is 0.507 e. The number of piperidine rings is 1. The summed E-state index contributed by atoms with van der Waals surface area (Å²) in [5, 5.41) is 19.1. The number of alkyl halides is 3. The molecule has 2 aromatic rings. The van der Waals surface area contributed by atoms with Gasteiger partial charge in [-0.3, -0.25) is 0 Å². The molecule has 1 aromatic carbocycles. The van der Waals surface area contributed by atoms with Crippen molar-refractivity contribution in [3.8, 4) is 17.0 Å². The fraction of sp³-hybridized carbons (Fsp3) is 0.471. The van der Waals surface area contributed by atoms with Gasteiger partial charge in [0.1, 0.15) is 11.4 Å². The van der Waals surface area contributed by atoms with Crippen LogP contribution in [0.3, 0.4) is 0 Å². The maximum absolute atomic E-state index is 12.7. The number of aryl methyl sites for hydroxylation is 1. The lowest BCUT2D eigenvalue weighted by molar-refractivity contribution is -0.137. The normalized spacial score (nSPS) is 18.9. The van der Waals surface area contributed by atoms with Gasteiger partial charge in [0.05, 0.1) is 11.3 Å². The van der Waals surface area contributed by atoms with Gasteiger partial charge in [-0.15, -0.1) is 10.2 Å². The molecule has 1 aliphatic heterocycles. The number of hydrogen-bond donors (Lipinski definition) is 1. The van der Waals surface area contributed by atoms with Gasteiger partial charge in [0.25, 0.3) is 0 Å². The van der Waals surface area contributed by atoms with E-state index < -0.39 is 17.5 Å². The maximum atomic E-state index is 12.7. The number of nitrogens with zero attached hydrogens (tertiary/aromatic N) is 4. The third-order valence-corrected chi connectivity index (χ3v) is 5.38. The van der Waals surface area contributed by atoms with Crippen LogP contribution >= 0.6 is 11.8 Å². The van der Waals surface area contributed by atoms with E-state index in [-0.39, 0.29) is 11.3 Å². The predicted octanol–water partition coefficient (Wildman–Crippen LogP) is 3.76. The topological polar surface area (TPSA) is 62.1 Å². The Morgan fingerprint density at radius 2 is 2.04 bits per heavy atom. The summed E-state index contributed by atoms with van der Waals surface area (Å²) >= 11 is 1.56. The van der Waals surface area contributed by atoms with E-state index in [0.29, 0.717) is 22.2 Å². The minimum atomic E-state index is -4.51. The molecule has 2 heterocycles. The van der Waals surface area contributed by atoms with Gasteiger partial charge in [-0.25, -0.2) is 4.98 Å². The van der Waals surface area contributed by atoms with Crippen LogP contribution in [0.25, 0.3) is 11.3 Å². The van der Waals surface area contributed by atoms with Crippen molar-refractivity contribution in [3.63, 3.8) is 0 Å². The van der Waals surface area contributed by atoms with Gasteiger partial charge in [-0.05, 0) is 51.6 Å². The highest BCUT2D eigenvalue weighted by Gasteiger charge is 2.31. The number of rotatable bonds is 3. The highest BCUT2D eigenvalue weighted by atomic mass is 32.2. The van der Waals surface area contributed by atoms with Crippen molar-refractivity contribution in [1.29, 1.82) is 0 Å². The highest BCUT2D eigenvalue weighted by molar-refractivity contribution is 7.99. The van der Waals surface area contributed by atoms with Gasteiger partial charge in [-0.1, -0.05) is 11.8 Å². The van der Waals surface area contributed by atoms with Crippen LogP contribution in [0.2, 0.25) is 0 Å². The molecule has 3 rings (SSSR count). The van der Waals surface area contributed by atoms with Gasteiger partial charge in [0, 0.05) is 17.4 Å². The SMILES string of the molecule is Cc1nc(S[C@@H]2CCCN(C)C2)nnc1-c1ccc(C(F)(F)F)cc1O. The van der Waals surface area contributed by atoms with Gasteiger partial charge >= 0.3 is 6.18 Å². The molecule has 26 heavy (non-hydrogen) atoms. The second-order valence-electron chi connectivity index (χ2n) is 6.40. The van der Waals surface area contributed by atoms with Gasteiger partial charge in [0.2, 0.25) is 5.16 Å². The number of halogens is 3. The molecule has 1 saturated heterocycles. The number of phenolic OH excluding ortho intramolecular Hbond substituents is 1. The van der Waals surface area contributed by atoms with Crippen molar-refractivity contribution in [2.75, 3.05) is 20.1 Å². The molecule has 0 aliphatic carbocycles. The first kappa shape index (κ1) is 18.9. The fourth-order valence-corrected chi connectivity index (χ4v) is 4.14. The second-order valence-corrected chi connectivity index (χ2v) is 7.67. The van der Waals surface area contributed by atoms with E-state index in [1.54, 1.807) is 18.7 Å². The Morgan fingerprint density at radius 3 is 2.65 bits per heavy atom. The Hall–Kier alpha value is -1.87. The molecule has 0 radical (unpaired) electrons. The summed E-state index contributed by atoms with van der Waals surface area (Å²) in [5.41, 5.74) is 0.0680. The summed E-state index contributed by atoms with van der Waals surface area (Å²) < 4.78 is 38.2. The number of aromatic nitrogens is 3. The zero-order valence-electron chi connectivity index (χ0n) is 14.4. The van der Waals surface area contributed by atoms with Crippen LogP contribution in [0.15, 0.2) is 23.4 Å². The Bertz CT molecular complexity index is 800. The first-order valence-corrected chi connectivity index (χ1v) is 9.09. The molecule has 0 saturated carbocycles. The third-order valence-electron chi connectivity index (χ3n) is 4.28. The van der Waals surface area contributed by atoms with Gasteiger partial charge in [0.15, 0.2) is 0 Å². The van der Waals surface area contributed by atoms with Crippen molar-refractivity contribution >= 4 is 11.8 Å². The summed E-state index contributed by atoms with van der Waals surface area (Å²) in [7, 11) is 2.08. The first-order chi connectivity index (χ1) is 12.2.